The van der Waals surface area contributed by atoms with Crippen molar-refractivity contribution < 1.29 is 70.7 Å². The predicted molar refractivity (Wildman–Crippen MR) is 276 cm³/mol. The quantitative estimate of drug-likeness (QED) is 0.0134. The third-order valence-electron chi connectivity index (χ3n) is 13.1. The highest BCUT2D eigenvalue weighted by atomic mass is 32.2. The molecular weight excluding hydrogens is 977 g/mol. The van der Waals surface area contributed by atoms with Crippen LogP contribution in [0.25, 0.3) is 18.2 Å². The van der Waals surface area contributed by atoms with Crippen LogP contribution in [0.4, 0.5) is 8.63 Å². The van der Waals surface area contributed by atoms with Crippen molar-refractivity contribution >= 4 is 72.6 Å². The van der Waals surface area contributed by atoms with Gasteiger partial charge in [-0.05, 0) is 119 Å². The summed E-state index contributed by atoms with van der Waals surface area (Å²) in [5, 5.41) is 20.2. The topological polar surface area (TPSA) is 201 Å². The fourth-order valence-electron chi connectivity index (χ4n) is 9.20. The second-order valence-electron chi connectivity index (χ2n) is 20.3. The number of nitrogens with zero attached hydrogens (tertiary/aromatic N) is 4. The summed E-state index contributed by atoms with van der Waals surface area (Å²) in [7, 11) is 8.37. The second kappa shape index (κ2) is 27.0. The number of hydrogen-bond acceptors (Lipinski definition) is 11. The van der Waals surface area contributed by atoms with Gasteiger partial charge in [-0.1, -0.05) is 18.2 Å². The largest absolute Gasteiger partial charge is 0.737 e. The number of aryl methyl sites for hydroxylation is 2. The molecule has 3 aliphatic heterocycles. The number of imide groups is 1. The van der Waals surface area contributed by atoms with E-state index in [0.717, 1.165) is 81.1 Å². The number of aromatic nitrogens is 2. The molecule has 18 nitrogen and oxygen atoms in total. The van der Waals surface area contributed by atoms with Gasteiger partial charge in [-0.25, -0.2) is 4.79 Å². The van der Waals surface area contributed by atoms with Gasteiger partial charge in [-0.2, -0.15) is 4.33 Å². The number of allylic oxidation sites excluding steroid dienone is 2. The Morgan fingerprint density at radius 3 is 2.41 bits per heavy atom. The van der Waals surface area contributed by atoms with E-state index in [1.165, 1.54) is 4.90 Å². The van der Waals surface area contributed by atoms with Gasteiger partial charge < -0.3 is 57.4 Å². The third-order valence-corrected chi connectivity index (χ3v) is 13.7. The van der Waals surface area contributed by atoms with E-state index in [-0.39, 0.29) is 44.1 Å². The zero-order valence-electron chi connectivity index (χ0n) is 43.5. The molecule has 3 aromatic rings. The summed E-state index contributed by atoms with van der Waals surface area (Å²) in [6, 6.07) is 12.0. The van der Waals surface area contributed by atoms with Crippen LogP contribution in [-0.4, -0.2) is 139 Å². The number of aromatic amines is 1. The molecule has 6 rings (SSSR count). The second-order valence-corrected chi connectivity index (χ2v) is 21.0. The lowest BCUT2D eigenvalue weighted by Crippen LogP contribution is -3.09. The van der Waals surface area contributed by atoms with Crippen LogP contribution in [-0.2, 0) is 38.2 Å². The summed E-state index contributed by atoms with van der Waals surface area (Å²) in [6.45, 7) is 2.49. The number of ether oxygens (including phenoxy) is 1. The Hall–Kier alpha value is -5.91. The molecule has 2 aromatic heterocycles. The number of likely N-dealkylation sites (N-methyl/N-ethyl adjacent to an activating group) is 1. The summed E-state index contributed by atoms with van der Waals surface area (Å²) < 4.78 is 47.5. The molecule has 3 aliphatic rings. The van der Waals surface area contributed by atoms with Crippen LogP contribution in [0.2, 0.25) is 0 Å². The van der Waals surface area contributed by atoms with Crippen molar-refractivity contribution in [2.45, 2.75) is 103 Å². The highest BCUT2D eigenvalue weighted by molar-refractivity contribution is 7.94. The number of carbonyl (C=O) groups excluding carboxylic acids is 5. The molecule has 0 bridgehead atoms. The van der Waals surface area contributed by atoms with E-state index in [0.29, 0.717) is 95.8 Å². The first-order valence-electron chi connectivity index (χ1n) is 25.6. The lowest BCUT2D eigenvalue weighted by Gasteiger charge is -2.31. The lowest BCUT2D eigenvalue weighted by atomic mass is 9.88. The van der Waals surface area contributed by atoms with Crippen LogP contribution < -0.4 is 25.5 Å². The first-order chi connectivity index (χ1) is 35.3. The molecule has 0 saturated carbocycles. The molecule has 1 saturated heterocycles. The fourth-order valence-corrected chi connectivity index (χ4v) is 9.57. The van der Waals surface area contributed by atoms with E-state index in [2.05, 4.69) is 46.1 Å². The first kappa shape index (κ1) is 57.4. The van der Waals surface area contributed by atoms with Gasteiger partial charge in [0.2, 0.25) is 11.8 Å². The van der Waals surface area contributed by atoms with Crippen LogP contribution in [0.3, 0.4) is 0 Å². The van der Waals surface area contributed by atoms with Gasteiger partial charge >= 0.3 is 12.9 Å². The number of halogens is 2. The fraction of sp³-hybridized carbons (Fsp3) is 0.500. The molecule has 4 N–H and O–H groups in total. The number of fused-ring (bicyclic) bond motifs is 2. The molecular formula is C52H72BF2N8O10S+. The first-order valence-corrected chi connectivity index (χ1v) is 26.5. The molecule has 74 heavy (non-hydrogen) atoms. The number of unbranched alkanes of at least 4 members (excludes halogenated alkanes) is 3. The third kappa shape index (κ3) is 16.3. The van der Waals surface area contributed by atoms with Crippen molar-refractivity contribution in [1.29, 1.82) is 0 Å². The number of hydrogen-bond donors (Lipinski definition) is 4. The predicted octanol–water partition coefficient (Wildman–Crippen LogP) is 4.59. The van der Waals surface area contributed by atoms with Crippen molar-refractivity contribution in [2.24, 2.45) is 0 Å². The normalized spacial score (nSPS) is 16.0. The number of amides is 4. The molecule has 2 unspecified atom stereocenters. The summed E-state index contributed by atoms with van der Waals surface area (Å²) in [6.07, 6.45) is 13.3. The molecule has 1 aromatic carbocycles. The van der Waals surface area contributed by atoms with E-state index in [1.54, 1.807) is 36.4 Å². The number of benzene rings is 1. The Kier molecular flexibility index (Phi) is 21.0. The summed E-state index contributed by atoms with van der Waals surface area (Å²) in [5.74, 6) is -1.02. The van der Waals surface area contributed by atoms with Crippen LogP contribution in [0.1, 0.15) is 117 Å². The van der Waals surface area contributed by atoms with Gasteiger partial charge in [0.15, 0.2) is 11.4 Å². The molecule has 0 spiro atoms. The average molecular weight is 1050 g/mol. The standard InChI is InChI=1S/C52H71BF2N8O10S/c1-37-34-41(60-45(37)36-46-40(14-13-33-74-73-72-69)35-47(61(46)53(60,54)55)43-25-18-38(2)57-43)22-19-39-20-23-42(24-21-39)70-32-12-16-48(64)58-44(15-9-11-31-63(4,5)6)52(68)56-28-30-59(3)29-10-7-8-17-51(67)71-62-49(65)26-27-50(62)66/h18-25,34-36,44,57H,7-17,26-33H2,1-6H3,(H2-,56,58,64,68,69)/p+1/b22-19+. The molecule has 402 valence electrons. The highest BCUT2D eigenvalue weighted by Gasteiger charge is 2.54. The monoisotopic (exact) mass is 1050 g/mol. The zero-order chi connectivity index (χ0) is 53.4. The number of nitrogens with one attached hydrogen (secondary N) is 4. The molecule has 4 amide bonds. The Balaban J connectivity index is 0.958. The van der Waals surface area contributed by atoms with Crippen molar-refractivity contribution in [3.05, 3.63) is 93.7 Å². The van der Waals surface area contributed by atoms with Gasteiger partial charge in [0, 0.05) is 78.3 Å². The van der Waals surface area contributed by atoms with Gasteiger partial charge in [-0.3, -0.25) is 24.2 Å². The van der Waals surface area contributed by atoms with Crippen LogP contribution in [0, 0.1) is 13.8 Å². The minimum absolute atomic E-state index is 0.0573. The highest BCUT2D eigenvalue weighted by Crippen LogP contribution is 2.40. The van der Waals surface area contributed by atoms with Gasteiger partial charge in [0.25, 0.3) is 11.8 Å². The maximum Gasteiger partial charge on any atom is 0.737 e. The summed E-state index contributed by atoms with van der Waals surface area (Å²) in [4.78, 5) is 71.3. The number of H-pyrrole nitrogens is 1. The van der Waals surface area contributed by atoms with E-state index in [9.17, 15) is 29.2 Å². The van der Waals surface area contributed by atoms with Crippen molar-refractivity contribution in [1.82, 2.24) is 25.2 Å². The average Bonchev–Trinajstić information content (AvgIpc) is 4.12. The Morgan fingerprint density at radius 2 is 1.70 bits per heavy atom. The molecule has 1 fully saturated rings. The van der Waals surface area contributed by atoms with E-state index >= 15 is 8.63 Å². The molecule has 2 atom stereocenters. The SMILES string of the molecule is Cc1ccc(C2=[N+]3C(=Cc4c(C)cc(/C=C/c5ccc(OCCCC(=O)NC(CCCC[N+](C)(C)C)C(=O)NCC[NH+](C)CCCCCC(=O)ON6C(=O)CCC6=O)cc5)n4[B-]3(F)F)C(CCCSOO[O-])=C2)[nH]1. The van der Waals surface area contributed by atoms with Crippen molar-refractivity contribution in [3.63, 3.8) is 0 Å². The Bertz CT molecular complexity index is 2570. The van der Waals surface area contributed by atoms with E-state index < -0.39 is 30.8 Å². The minimum atomic E-state index is -4.33. The number of rotatable bonds is 31. The van der Waals surface area contributed by atoms with Gasteiger partial charge in [0.05, 0.1) is 61.0 Å². The maximum absolute atomic E-state index is 17.0. The van der Waals surface area contributed by atoms with Crippen LogP contribution >= 0.6 is 12.0 Å². The van der Waals surface area contributed by atoms with Crippen molar-refractivity contribution in [2.75, 3.05) is 66.7 Å². The van der Waals surface area contributed by atoms with Crippen molar-refractivity contribution in [3.8, 4) is 5.75 Å². The number of hydroxylamine groups is 2. The van der Waals surface area contributed by atoms with E-state index in [1.807, 2.05) is 51.2 Å². The van der Waals surface area contributed by atoms with Gasteiger partial charge in [0.1, 0.15) is 17.5 Å². The van der Waals surface area contributed by atoms with Crippen LogP contribution in [0.15, 0.2) is 59.8 Å². The Labute approximate surface area is 436 Å². The molecule has 0 radical (unpaired) electrons. The zero-order valence-corrected chi connectivity index (χ0v) is 44.3. The number of quaternary nitrogens is 2. The molecule has 0 aliphatic carbocycles. The summed E-state index contributed by atoms with van der Waals surface area (Å²) >= 11 is 0.871. The lowest BCUT2D eigenvalue weighted by molar-refractivity contribution is -0.878. The minimum Gasteiger partial charge on any atom is -0.691 e. The Morgan fingerprint density at radius 1 is 0.946 bits per heavy atom. The molecule has 22 heteroatoms. The smallest absolute Gasteiger partial charge is 0.691 e. The molecule has 5 heterocycles. The number of carbonyl (C=O) groups is 5. The maximum atomic E-state index is 17.0. The van der Waals surface area contributed by atoms with Gasteiger partial charge in [-0.15, -0.1) is 5.06 Å². The van der Waals surface area contributed by atoms with Crippen LogP contribution in [0.5, 0.6) is 5.75 Å². The van der Waals surface area contributed by atoms with E-state index in [4.69, 9.17) is 9.57 Å². The summed E-state index contributed by atoms with van der Waals surface area (Å²) in [5.41, 5.74) is 5.30.